The number of hydrogen-bond donors (Lipinski definition) is 0. The van der Waals surface area contributed by atoms with Crippen LogP contribution < -0.4 is 0 Å². The first-order valence-electron chi connectivity index (χ1n) is 4.60. The lowest BCUT2D eigenvalue weighted by atomic mass is 10.0. The molecule has 1 heterocycles. The second-order valence-electron chi connectivity index (χ2n) is 3.48. The summed E-state index contributed by atoms with van der Waals surface area (Å²) in [6.45, 7) is 0. The van der Waals surface area contributed by atoms with E-state index in [0.717, 1.165) is 5.39 Å². The molecular formula is C11H6O4S. The maximum absolute atomic E-state index is 11.6. The highest BCUT2D eigenvalue weighted by atomic mass is 32.2. The topological polar surface area (TPSA) is 60.4 Å². The Labute approximate surface area is 91.6 Å². The van der Waals surface area contributed by atoms with Crippen LogP contribution in [0, 0.1) is 0 Å². The van der Waals surface area contributed by atoms with E-state index in [-0.39, 0.29) is 4.90 Å². The molecule has 0 aromatic heterocycles. The molecule has 0 N–H and O–H groups in total. The molecule has 0 amide bonds. The zero-order valence-electron chi connectivity index (χ0n) is 8.01. The van der Waals surface area contributed by atoms with E-state index in [4.69, 9.17) is 0 Å². The molecular weight excluding hydrogens is 228 g/mol. The highest BCUT2D eigenvalue weighted by Crippen LogP contribution is 2.32. The van der Waals surface area contributed by atoms with Crippen LogP contribution in [0.2, 0.25) is 0 Å². The molecule has 2 aromatic carbocycles. The molecule has 0 atom stereocenters. The highest BCUT2D eigenvalue weighted by Gasteiger charge is 2.31. The summed E-state index contributed by atoms with van der Waals surface area (Å²) in [5.74, 6) is -0.815. The largest absolute Gasteiger partial charge is 0.354 e. The average molecular weight is 234 g/mol. The predicted molar refractivity (Wildman–Crippen MR) is 56.5 cm³/mol. The van der Waals surface area contributed by atoms with Crippen molar-refractivity contribution in [1.82, 2.24) is 0 Å². The third-order valence-electron chi connectivity index (χ3n) is 2.54. The fourth-order valence-electron chi connectivity index (χ4n) is 1.87. The van der Waals surface area contributed by atoms with Gasteiger partial charge in [-0.15, -0.1) is 0 Å². The fraction of sp³-hybridized carbons (Fsp3) is 0. The molecule has 0 saturated carbocycles. The molecule has 0 aliphatic carbocycles. The van der Waals surface area contributed by atoms with Gasteiger partial charge in [-0.2, -0.15) is 8.42 Å². The lowest BCUT2D eigenvalue weighted by Crippen LogP contribution is -2.19. The summed E-state index contributed by atoms with van der Waals surface area (Å²) in [6, 6.07) is 9.84. The van der Waals surface area contributed by atoms with Crippen molar-refractivity contribution >= 4 is 26.9 Å². The third kappa shape index (κ3) is 1.09. The summed E-state index contributed by atoms with van der Waals surface area (Å²) in [5.41, 5.74) is 0.294. The van der Waals surface area contributed by atoms with Crippen molar-refractivity contribution in [3.63, 3.8) is 0 Å². The Kier molecular flexibility index (Phi) is 1.65. The minimum atomic E-state index is -3.95. The van der Waals surface area contributed by atoms with E-state index in [9.17, 15) is 13.2 Å². The first-order valence-corrected chi connectivity index (χ1v) is 6.01. The molecule has 0 unspecified atom stereocenters. The summed E-state index contributed by atoms with van der Waals surface area (Å²) < 4.78 is 27.7. The van der Waals surface area contributed by atoms with E-state index in [0.29, 0.717) is 10.9 Å². The Morgan fingerprint density at radius 1 is 1.00 bits per heavy atom. The Morgan fingerprint density at radius 3 is 2.44 bits per heavy atom. The Bertz CT molecular complexity index is 711. The molecule has 3 rings (SSSR count). The summed E-state index contributed by atoms with van der Waals surface area (Å²) in [5, 5.41) is 1.16. The van der Waals surface area contributed by atoms with Gasteiger partial charge in [-0.25, -0.2) is 4.79 Å². The smallest absolute Gasteiger partial charge is 0.338 e. The van der Waals surface area contributed by atoms with Crippen molar-refractivity contribution in [2.45, 2.75) is 4.90 Å². The number of hydrogen-bond acceptors (Lipinski definition) is 4. The van der Waals surface area contributed by atoms with Gasteiger partial charge in [0.15, 0.2) is 0 Å². The van der Waals surface area contributed by atoms with Crippen LogP contribution >= 0.6 is 0 Å². The van der Waals surface area contributed by atoms with E-state index in [1.165, 1.54) is 6.07 Å². The predicted octanol–water partition coefficient (Wildman–Crippen LogP) is 1.70. The van der Waals surface area contributed by atoms with Gasteiger partial charge in [-0.3, -0.25) is 0 Å². The van der Waals surface area contributed by atoms with Crippen molar-refractivity contribution in [3.8, 4) is 0 Å². The van der Waals surface area contributed by atoms with E-state index in [1.807, 2.05) is 0 Å². The zero-order chi connectivity index (χ0) is 11.3. The molecule has 0 saturated heterocycles. The molecule has 0 fully saturated rings. The van der Waals surface area contributed by atoms with Crippen molar-refractivity contribution in [2.24, 2.45) is 0 Å². The second kappa shape index (κ2) is 2.82. The molecule has 2 aromatic rings. The molecule has 5 heteroatoms. The van der Waals surface area contributed by atoms with Gasteiger partial charge >= 0.3 is 16.1 Å². The molecule has 16 heavy (non-hydrogen) atoms. The van der Waals surface area contributed by atoms with E-state index in [2.05, 4.69) is 4.18 Å². The first-order chi connectivity index (χ1) is 7.59. The monoisotopic (exact) mass is 234 g/mol. The van der Waals surface area contributed by atoms with Crippen molar-refractivity contribution < 1.29 is 17.4 Å². The molecule has 0 bridgehead atoms. The number of rotatable bonds is 0. The zero-order valence-corrected chi connectivity index (χ0v) is 8.82. The van der Waals surface area contributed by atoms with E-state index < -0.39 is 16.1 Å². The van der Waals surface area contributed by atoms with Crippen LogP contribution in [0.5, 0.6) is 0 Å². The number of carbonyl (C=O) groups excluding carboxylic acids is 1. The normalized spacial score (nSPS) is 17.1. The third-order valence-corrected chi connectivity index (χ3v) is 3.79. The van der Waals surface area contributed by atoms with Gasteiger partial charge < -0.3 is 4.18 Å². The minimum absolute atomic E-state index is 0.0557. The molecule has 0 radical (unpaired) electrons. The van der Waals surface area contributed by atoms with Gasteiger partial charge in [-0.05, 0) is 17.5 Å². The summed E-state index contributed by atoms with van der Waals surface area (Å²) in [7, 11) is -3.95. The van der Waals surface area contributed by atoms with Gasteiger partial charge in [0.25, 0.3) is 0 Å². The Balaban J connectivity index is 2.63. The molecule has 4 nitrogen and oxygen atoms in total. The summed E-state index contributed by atoms with van der Waals surface area (Å²) in [6.07, 6.45) is 0. The average Bonchev–Trinajstić information content (AvgIpc) is 2.25. The standard InChI is InChI=1S/C11H6O4S/c12-11-8-5-1-3-7-4-2-6-9(10(7)8)16(13,14)15-11/h1-6H. The van der Waals surface area contributed by atoms with Crippen molar-refractivity contribution in [2.75, 3.05) is 0 Å². The summed E-state index contributed by atoms with van der Waals surface area (Å²) in [4.78, 5) is 11.5. The fourth-order valence-corrected chi connectivity index (χ4v) is 2.98. The first kappa shape index (κ1) is 9.35. The van der Waals surface area contributed by atoms with Crippen LogP contribution in [-0.2, 0) is 14.3 Å². The highest BCUT2D eigenvalue weighted by molar-refractivity contribution is 7.87. The quantitative estimate of drug-likeness (QED) is 0.651. The van der Waals surface area contributed by atoms with Crippen LogP contribution in [0.1, 0.15) is 10.4 Å². The maximum Gasteiger partial charge on any atom is 0.354 e. The SMILES string of the molecule is O=C1OS(=O)(=O)c2cccc3cccc1c23. The van der Waals surface area contributed by atoms with Crippen LogP contribution in [-0.4, -0.2) is 14.4 Å². The molecule has 0 spiro atoms. The van der Waals surface area contributed by atoms with Crippen molar-refractivity contribution in [3.05, 3.63) is 42.0 Å². The number of carbonyl (C=O) groups is 1. The Morgan fingerprint density at radius 2 is 1.69 bits per heavy atom. The summed E-state index contributed by atoms with van der Waals surface area (Å²) >= 11 is 0. The maximum atomic E-state index is 11.6. The van der Waals surface area contributed by atoms with Crippen LogP contribution in [0.4, 0.5) is 0 Å². The molecule has 1 aliphatic heterocycles. The van der Waals surface area contributed by atoms with Gasteiger partial charge in [0.2, 0.25) is 0 Å². The van der Waals surface area contributed by atoms with E-state index >= 15 is 0 Å². The molecule has 1 aliphatic rings. The minimum Gasteiger partial charge on any atom is -0.338 e. The van der Waals surface area contributed by atoms with E-state index in [1.54, 1.807) is 30.3 Å². The molecule has 80 valence electrons. The van der Waals surface area contributed by atoms with Crippen LogP contribution in [0.25, 0.3) is 10.8 Å². The lowest BCUT2D eigenvalue weighted by Gasteiger charge is -2.15. The van der Waals surface area contributed by atoms with Gasteiger partial charge in [0, 0.05) is 5.39 Å². The Hall–Kier alpha value is -1.88. The van der Waals surface area contributed by atoms with Crippen LogP contribution in [0.3, 0.4) is 0 Å². The van der Waals surface area contributed by atoms with Gasteiger partial charge in [0.1, 0.15) is 4.90 Å². The van der Waals surface area contributed by atoms with Gasteiger partial charge in [-0.1, -0.05) is 24.3 Å². The lowest BCUT2D eigenvalue weighted by molar-refractivity contribution is 0.0744. The van der Waals surface area contributed by atoms with Crippen molar-refractivity contribution in [1.29, 1.82) is 0 Å². The second-order valence-corrected chi connectivity index (χ2v) is 5.00. The van der Waals surface area contributed by atoms with Gasteiger partial charge in [0.05, 0.1) is 5.56 Å². The number of benzene rings is 2. The van der Waals surface area contributed by atoms with Crippen LogP contribution in [0.15, 0.2) is 41.3 Å².